The number of likely N-dealkylation sites (tertiary alicyclic amines) is 1. The van der Waals surface area contributed by atoms with Gasteiger partial charge >= 0.3 is 12.2 Å². The van der Waals surface area contributed by atoms with E-state index in [1.807, 2.05) is 31.2 Å². The largest absolute Gasteiger partial charge is 0.433 e. The van der Waals surface area contributed by atoms with Crippen LogP contribution >= 0.6 is 0 Å². The van der Waals surface area contributed by atoms with Crippen LogP contribution in [-0.2, 0) is 11.0 Å². The molecule has 7 nitrogen and oxygen atoms in total. The van der Waals surface area contributed by atoms with Gasteiger partial charge in [-0.15, -0.1) is 0 Å². The van der Waals surface area contributed by atoms with Crippen LogP contribution in [0.3, 0.4) is 0 Å². The van der Waals surface area contributed by atoms with Crippen molar-refractivity contribution in [1.29, 1.82) is 0 Å². The van der Waals surface area contributed by atoms with E-state index in [0.29, 0.717) is 24.2 Å². The minimum absolute atomic E-state index is 0.0336. The van der Waals surface area contributed by atoms with Gasteiger partial charge in [-0.2, -0.15) is 18.3 Å². The highest BCUT2D eigenvalue weighted by molar-refractivity contribution is 6.08. The normalized spacial score (nSPS) is 19.6. The lowest BCUT2D eigenvalue weighted by atomic mass is 10.0. The van der Waals surface area contributed by atoms with Crippen LogP contribution in [0.4, 0.5) is 18.0 Å². The van der Waals surface area contributed by atoms with Crippen LogP contribution < -0.4 is 5.32 Å². The van der Waals surface area contributed by atoms with Crippen molar-refractivity contribution in [2.45, 2.75) is 44.9 Å². The van der Waals surface area contributed by atoms with Gasteiger partial charge in [0.2, 0.25) is 5.91 Å². The molecule has 2 aromatic rings. The molecule has 0 radical (unpaired) electrons. The minimum Gasteiger partial charge on any atom is -0.332 e. The maximum absolute atomic E-state index is 12.9. The van der Waals surface area contributed by atoms with E-state index in [1.54, 1.807) is 11.8 Å². The van der Waals surface area contributed by atoms with E-state index in [2.05, 4.69) is 15.4 Å². The molecule has 0 spiro atoms. The smallest absolute Gasteiger partial charge is 0.332 e. The first-order valence-electron chi connectivity index (χ1n) is 10.7. The fourth-order valence-electron chi connectivity index (χ4n) is 4.01. The molecule has 33 heavy (non-hydrogen) atoms. The molecule has 1 aromatic carbocycles. The Morgan fingerprint density at radius 3 is 2.48 bits per heavy atom. The number of hydrogen-bond donors (Lipinski definition) is 1. The van der Waals surface area contributed by atoms with Crippen molar-refractivity contribution in [3.63, 3.8) is 0 Å². The van der Waals surface area contributed by atoms with Gasteiger partial charge in [0.1, 0.15) is 5.69 Å². The van der Waals surface area contributed by atoms with Crippen LogP contribution in [-0.4, -0.2) is 51.7 Å². The molecule has 3 amide bonds. The topological polar surface area (TPSA) is 77.9 Å². The Morgan fingerprint density at radius 2 is 1.91 bits per heavy atom. The molecule has 10 heteroatoms. The number of hydrogen-bond acceptors (Lipinski definition) is 4. The molecule has 4 rings (SSSR count). The second-order valence-corrected chi connectivity index (χ2v) is 8.29. The van der Waals surface area contributed by atoms with Crippen LogP contribution in [0.2, 0.25) is 0 Å². The summed E-state index contributed by atoms with van der Waals surface area (Å²) in [5, 5.41) is 8.55. The molecule has 0 saturated carbocycles. The van der Waals surface area contributed by atoms with Gasteiger partial charge in [-0.1, -0.05) is 35.9 Å². The Labute approximate surface area is 189 Å². The van der Waals surface area contributed by atoms with E-state index in [0.717, 1.165) is 29.8 Å². The highest BCUT2D eigenvalue weighted by Gasteiger charge is 2.39. The molecule has 2 atom stereocenters. The third-order valence-corrected chi connectivity index (χ3v) is 5.87. The number of carbonyl (C=O) groups excluding carboxylic acids is 2. The molecule has 2 aliphatic heterocycles. The van der Waals surface area contributed by atoms with Crippen molar-refractivity contribution in [1.82, 2.24) is 20.2 Å². The number of rotatable bonds is 4. The number of nitrogens with one attached hydrogen (secondary N) is 1. The number of nitrogens with zero attached hydrogens (tertiary/aromatic N) is 4. The predicted molar refractivity (Wildman–Crippen MR) is 115 cm³/mol. The number of aryl methyl sites for hydroxylation is 1. The first-order chi connectivity index (χ1) is 15.6. The lowest BCUT2D eigenvalue weighted by Gasteiger charge is -2.25. The Morgan fingerprint density at radius 1 is 1.18 bits per heavy atom. The van der Waals surface area contributed by atoms with Gasteiger partial charge in [0.15, 0.2) is 0 Å². The lowest BCUT2D eigenvalue weighted by molar-refractivity contribution is -0.141. The summed E-state index contributed by atoms with van der Waals surface area (Å²) in [4.78, 5) is 30.5. The lowest BCUT2D eigenvalue weighted by Crippen LogP contribution is -2.46. The number of pyridine rings is 1. The Bertz CT molecular complexity index is 1070. The minimum atomic E-state index is -4.52. The maximum atomic E-state index is 12.9. The van der Waals surface area contributed by atoms with Gasteiger partial charge in [-0.3, -0.25) is 9.78 Å². The fraction of sp³-hybridized carbons (Fsp3) is 0.391. The van der Waals surface area contributed by atoms with Crippen molar-refractivity contribution in [3.05, 3.63) is 65.0 Å². The maximum Gasteiger partial charge on any atom is 0.433 e. The number of halogens is 3. The monoisotopic (exact) mass is 459 g/mol. The van der Waals surface area contributed by atoms with Crippen molar-refractivity contribution < 1.29 is 22.8 Å². The molecule has 0 aliphatic carbocycles. The molecule has 1 unspecified atom stereocenters. The van der Waals surface area contributed by atoms with Gasteiger partial charge in [0.05, 0.1) is 24.3 Å². The second kappa shape index (κ2) is 8.84. The zero-order chi connectivity index (χ0) is 23.8. The molecule has 1 saturated heterocycles. The molecule has 1 N–H and O–H groups in total. The quantitative estimate of drug-likeness (QED) is 0.754. The van der Waals surface area contributed by atoms with Gasteiger partial charge in [0.25, 0.3) is 0 Å². The molecule has 0 bridgehead atoms. The van der Waals surface area contributed by atoms with Crippen molar-refractivity contribution >= 4 is 17.6 Å². The summed E-state index contributed by atoms with van der Waals surface area (Å²) in [6.45, 7) is 4.44. The van der Waals surface area contributed by atoms with Gasteiger partial charge in [0, 0.05) is 19.2 Å². The standard InChI is InChI=1S/C23H24F3N5O2/c1-14-5-7-16(8-6-14)21-18(30-11-3-4-20(30)32)13-31(29-21)22(33)28-15(2)17-9-10-19(27-12-17)23(24,25)26/h5-10,12,15,18H,3-4,11,13H2,1-2H3,(H,28,33)/t15?,18-/m0/s1. The Balaban J connectivity index is 1.52. The Kier molecular flexibility index (Phi) is 6.09. The number of carbonyl (C=O) groups is 2. The van der Waals surface area contributed by atoms with Crippen molar-refractivity contribution in [2.75, 3.05) is 13.1 Å². The molecule has 174 valence electrons. The van der Waals surface area contributed by atoms with Crippen LogP contribution in [0.15, 0.2) is 47.7 Å². The van der Waals surface area contributed by atoms with Crippen LogP contribution in [0, 0.1) is 6.92 Å². The number of hydrazone groups is 1. The van der Waals surface area contributed by atoms with Gasteiger partial charge in [-0.05, 0) is 37.5 Å². The summed E-state index contributed by atoms with van der Waals surface area (Å²) in [6.07, 6.45) is -2.18. The first-order valence-corrected chi connectivity index (χ1v) is 10.7. The second-order valence-electron chi connectivity index (χ2n) is 8.29. The van der Waals surface area contributed by atoms with E-state index in [4.69, 9.17) is 0 Å². The summed E-state index contributed by atoms with van der Waals surface area (Å²) < 4.78 is 38.2. The molecular formula is C23H24F3N5O2. The Hall–Kier alpha value is -3.43. The zero-order valence-electron chi connectivity index (χ0n) is 18.3. The third kappa shape index (κ3) is 4.84. The van der Waals surface area contributed by atoms with E-state index in [-0.39, 0.29) is 18.5 Å². The summed E-state index contributed by atoms with van der Waals surface area (Å²) in [6, 6.07) is 8.47. The van der Waals surface area contributed by atoms with E-state index in [9.17, 15) is 22.8 Å². The van der Waals surface area contributed by atoms with Crippen molar-refractivity contribution in [3.8, 4) is 0 Å². The molecule has 3 heterocycles. The average Bonchev–Trinajstić information content (AvgIpc) is 3.40. The summed E-state index contributed by atoms with van der Waals surface area (Å²) in [5.41, 5.74) is 2.00. The molecule has 1 fully saturated rings. The molecule has 2 aliphatic rings. The van der Waals surface area contributed by atoms with Gasteiger partial charge in [-0.25, -0.2) is 9.80 Å². The van der Waals surface area contributed by atoms with Crippen LogP contribution in [0.1, 0.15) is 48.2 Å². The van der Waals surface area contributed by atoms with E-state index < -0.39 is 23.9 Å². The van der Waals surface area contributed by atoms with Crippen molar-refractivity contribution in [2.24, 2.45) is 5.10 Å². The highest BCUT2D eigenvalue weighted by atomic mass is 19.4. The number of alkyl halides is 3. The number of urea groups is 1. The predicted octanol–water partition coefficient (Wildman–Crippen LogP) is 3.89. The zero-order valence-corrected chi connectivity index (χ0v) is 18.3. The van der Waals surface area contributed by atoms with E-state index in [1.165, 1.54) is 11.1 Å². The fourth-order valence-corrected chi connectivity index (χ4v) is 4.01. The SMILES string of the molecule is Cc1ccc(C2=NN(C(=O)NC(C)c3ccc(C(F)(F)F)nc3)C[C@@H]2N2CCCC2=O)cc1. The highest BCUT2D eigenvalue weighted by Crippen LogP contribution is 2.28. The third-order valence-electron chi connectivity index (χ3n) is 5.87. The van der Waals surface area contributed by atoms with E-state index >= 15 is 0 Å². The first kappa shape index (κ1) is 22.8. The summed E-state index contributed by atoms with van der Waals surface area (Å²) in [5.74, 6) is 0.0336. The van der Waals surface area contributed by atoms with Gasteiger partial charge < -0.3 is 10.2 Å². The van der Waals surface area contributed by atoms with Crippen LogP contribution in [0.25, 0.3) is 0 Å². The summed E-state index contributed by atoms with van der Waals surface area (Å²) in [7, 11) is 0. The molecular weight excluding hydrogens is 435 g/mol. The molecule has 1 aromatic heterocycles. The number of aromatic nitrogens is 1. The average molecular weight is 459 g/mol. The summed E-state index contributed by atoms with van der Waals surface area (Å²) >= 11 is 0. The van der Waals surface area contributed by atoms with Crippen LogP contribution in [0.5, 0.6) is 0 Å². The number of benzene rings is 1. The number of amides is 3.